The van der Waals surface area contributed by atoms with E-state index in [4.69, 9.17) is 33.5 Å². The molecule has 3 rings (SSSR count). The van der Waals surface area contributed by atoms with Gasteiger partial charge in [-0.3, -0.25) is 15.5 Å². The van der Waals surface area contributed by atoms with Crippen LogP contribution in [0.2, 0.25) is 10.0 Å². The Morgan fingerprint density at radius 2 is 1.59 bits per heavy atom. The minimum Gasteiger partial charge on any atom is -0.397 e. The molecule has 0 aliphatic heterocycles. The number of nitrogens with one attached hydrogen (secondary N) is 1. The quantitative estimate of drug-likeness (QED) is 0.273. The molecule has 172 valence electrons. The third-order valence-electron chi connectivity index (χ3n) is 3.81. The lowest BCUT2D eigenvalue weighted by atomic mass is 10.0. The number of halogens is 5. The Bertz CT molecular complexity index is 1010. The van der Waals surface area contributed by atoms with Crippen molar-refractivity contribution in [3.05, 3.63) is 99.0 Å². The van der Waals surface area contributed by atoms with Gasteiger partial charge in [-0.25, -0.2) is 0 Å². The summed E-state index contributed by atoms with van der Waals surface area (Å²) in [6.07, 6.45) is -4.36. The molecule has 0 heterocycles. The van der Waals surface area contributed by atoms with Crippen molar-refractivity contribution in [1.82, 2.24) is 0 Å². The van der Waals surface area contributed by atoms with Gasteiger partial charge in [0.15, 0.2) is 5.78 Å². The maximum Gasteiger partial charge on any atom is 0.417 e. The zero-order valence-electron chi connectivity index (χ0n) is 17.3. The Balaban J connectivity index is 0.000000299. The summed E-state index contributed by atoms with van der Waals surface area (Å²) in [6, 6.07) is 17.3. The summed E-state index contributed by atoms with van der Waals surface area (Å²) >= 11 is 11.2. The normalized spacial score (nSPS) is 10.3. The number of aryl methyl sites for hydroxylation is 1. The average molecular weight is 488 g/mol. The largest absolute Gasteiger partial charge is 0.417 e. The molecule has 0 aliphatic rings. The molecule has 3 N–H and O–H groups in total. The van der Waals surface area contributed by atoms with Crippen molar-refractivity contribution in [3.63, 3.8) is 0 Å². The lowest BCUT2D eigenvalue weighted by molar-refractivity contribution is -0.137. The molecule has 0 radical (unpaired) electrons. The van der Waals surface area contributed by atoms with E-state index in [1.807, 2.05) is 11.5 Å². The number of alkyl halides is 3. The summed E-state index contributed by atoms with van der Waals surface area (Å²) in [5, 5.41) is 16.7. The van der Waals surface area contributed by atoms with Crippen molar-refractivity contribution in [3.8, 4) is 0 Å². The number of hydrogen-bond acceptors (Lipinski definition) is 4. The highest BCUT2D eigenvalue weighted by Gasteiger charge is 2.32. The van der Waals surface area contributed by atoms with E-state index in [-0.39, 0.29) is 17.4 Å². The summed E-state index contributed by atoms with van der Waals surface area (Å²) in [6.45, 7) is 3.52. The molecule has 32 heavy (non-hydrogen) atoms. The molecule has 3 aromatic rings. The Morgan fingerprint density at radius 1 is 1.00 bits per heavy atom. The monoisotopic (exact) mass is 487 g/mol. The Labute approximate surface area is 194 Å². The molecule has 0 fully saturated rings. The van der Waals surface area contributed by atoms with Gasteiger partial charge in [-0.05, 0) is 44.2 Å². The zero-order valence-corrected chi connectivity index (χ0v) is 18.8. The van der Waals surface area contributed by atoms with Gasteiger partial charge in [0.05, 0.1) is 16.3 Å². The SMILES string of the molecule is CCO.Cc1ccc(Cl)c(C(F)(F)F)c1.O=C(c1ccccc1)c1cc(Cl)ccc1NO. The van der Waals surface area contributed by atoms with E-state index in [0.29, 0.717) is 27.4 Å². The van der Waals surface area contributed by atoms with Crippen LogP contribution in [-0.2, 0) is 6.18 Å². The van der Waals surface area contributed by atoms with Gasteiger partial charge in [0, 0.05) is 22.8 Å². The number of rotatable bonds is 3. The molecule has 0 unspecified atom stereocenters. The highest BCUT2D eigenvalue weighted by Crippen LogP contribution is 2.34. The fraction of sp³-hybridized carbons (Fsp3) is 0.174. The van der Waals surface area contributed by atoms with E-state index >= 15 is 0 Å². The molecule has 0 aromatic heterocycles. The standard InChI is InChI=1S/C13H10ClNO2.C8H6ClF3.C2H6O/c14-10-6-7-12(15-17)11(8-10)13(16)9-4-2-1-3-5-9;1-5-2-3-7(9)6(4-5)8(10,11)12;1-2-3/h1-8,15,17H;2-4H,1H3;3H,2H2,1H3. The Kier molecular flexibility index (Phi) is 11.2. The lowest BCUT2D eigenvalue weighted by Gasteiger charge is -2.08. The van der Waals surface area contributed by atoms with E-state index in [0.717, 1.165) is 6.07 Å². The van der Waals surface area contributed by atoms with Crippen LogP contribution >= 0.6 is 23.2 Å². The minimum atomic E-state index is -4.36. The van der Waals surface area contributed by atoms with Crippen LogP contribution < -0.4 is 5.48 Å². The molecule has 9 heteroatoms. The zero-order chi connectivity index (χ0) is 24.3. The Hall–Kier alpha value is -2.58. The topological polar surface area (TPSA) is 69.6 Å². The highest BCUT2D eigenvalue weighted by atomic mass is 35.5. The second-order valence-electron chi connectivity index (χ2n) is 6.29. The van der Waals surface area contributed by atoms with E-state index in [1.54, 1.807) is 50.2 Å². The smallest absolute Gasteiger partial charge is 0.397 e. The van der Waals surface area contributed by atoms with Crippen molar-refractivity contribution in [1.29, 1.82) is 0 Å². The maximum atomic E-state index is 12.2. The lowest BCUT2D eigenvalue weighted by Crippen LogP contribution is -2.05. The average Bonchev–Trinajstić information content (AvgIpc) is 2.76. The number of anilines is 1. The van der Waals surface area contributed by atoms with Gasteiger partial charge in [0.2, 0.25) is 0 Å². The molecule has 0 spiro atoms. The summed E-state index contributed by atoms with van der Waals surface area (Å²) in [5.74, 6) is -0.190. The number of ketones is 1. The van der Waals surface area contributed by atoms with Crippen LogP contribution in [0.1, 0.15) is 34.0 Å². The van der Waals surface area contributed by atoms with Gasteiger partial charge in [-0.2, -0.15) is 13.2 Å². The number of aliphatic hydroxyl groups excluding tert-OH is 1. The van der Waals surface area contributed by atoms with Gasteiger partial charge in [0.1, 0.15) is 0 Å². The number of carbonyl (C=O) groups is 1. The molecule has 3 aromatic carbocycles. The van der Waals surface area contributed by atoms with Gasteiger partial charge >= 0.3 is 6.18 Å². The first-order valence-electron chi connectivity index (χ1n) is 9.28. The second kappa shape index (κ2) is 13.1. The molecule has 0 amide bonds. The molecule has 0 bridgehead atoms. The summed E-state index contributed by atoms with van der Waals surface area (Å²) in [4.78, 5) is 12.2. The van der Waals surface area contributed by atoms with Crippen LogP contribution in [0.25, 0.3) is 0 Å². The summed E-state index contributed by atoms with van der Waals surface area (Å²) in [7, 11) is 0. The fourth-order valence-corrected chi connectivity index (χ4v) is 2.80. The molecule has 4 nitrogen and oxygen atoms in total. The van der Waals surface area contributed by atoms with Crippen LogP contribution in [0, 0.1) is 6.92 Å². The first-order chi connectivity index (χ1) is 15.0. The van der Waals surface area contributed by atoms with E-state index in [2.05, 4.69) is 0 Å². The van der Waals surface area contributed by atoms with Gasteiger partial charge in [0.25, 0.3) is 0 Å². The van der Waals surface area contributed by atoms with E-state index in [9.17, 15) is 18.0 Å². The van der Waals surface area contributed by atoms with Crippen LogP contribution in [-0.4, -0.2) is 22.7 Å². The van der Waals surface area contributed by atoms with Crippen LogP contribution in [0.15, 0.2) is 66.7 Å². The van der Waals surface area contributed by atoms with Crippen LogP contribution in [0.4, 0.5) is 18.9 Å². The third kappa shape index (κ3) is 8.51. The molecular weight excluding hydrogens is 466 g/mol. The maximum absolute atomic E-state index is 12.2. The van der Waals surface area contributed by atoms with Crippen molar-refractivity contribution in [2.24, 2.45) is 0 Å². The molecule has 0 aliphatic carbocycles. The van der Waals surface area contributed by atoms with Gasteiger partial charge < -0.3 is 5.11 Å². The van der Waals surface area contributed by atoms with Crippen molar-refractivity contribution >= 4 is 34.7 Å². The van der Waals surface area contributed by atoms with Crippen LogP contribution in [0.3, 0.4) is 0 Å². The second-order valence-corrected chi connectivity index (χ2v) is 7.14. The number of carbonyl (C=O) groups excluding carboxylic acids is 1. The summed E-state index contributed by atoms with van der Waals surface area (Å²) in [5.41, 5.74) is 2.99. The number of aliphatic hydroxyl groups is 1. The predicted molar refractivity (Wildman–Crippen MR) is 121 cm³/mol. The predicted octanol–water partition coefficient (Wildman–Crippen LogP) is 7.04. The van der Waals surface area contributed by atoms with Crippen molar-refractivity contribution < 1.29 is 28.3 Å². The third-order valence-corrected chi connectivity index (χ3v) is 4.37. The molecular formula is C23H22Cl2F3NO3. The molecule has 0 saturated heterocycles. The van der Waals surface area contributed by atoms with E-state index < -0.39 is 11.7 Å². The fourth-order valence-electron chi connectivity index (χ4n) is 2.40. The van der Waals surface area contributed by atoms with Crippen molar-refractivity contribution in [2.45, 2.75) is 20.0 Å². The molecule has 0 saturated carbocycles. The van der Waals surface area contributed by atoms with Crippen LogP contribution in [0.5, 0.6) is 0 Å². The van der Waals surface area contributed by atoms with E-state index in [1.165, 1.54) is 18.2 Å². The summed E-state index contributed by atoms with van der Waals surface area (Å²) < 4.78 is 36.4. The highest BCUT2D eigenvalue weighted by molar-refractivity contribution is 6.31. The molecule has 0 atom stereocenters. The minimum absolute atomic E-state index is 0.190. The van der Waals surface area contributed by atoms with Gasteiger partial charge in [-0.15, -0.1) is 0 Å². The Morgan fingerprint density at radius 3 is 2.09 bits per heavy atom. The number of benzene rings is 3. The first-order valence-corrected chi connectivity index (χ1v) is 10.0. The number of hydrogen-bond donors (Lipinski definition) is 3. The van der Waals surface area contributed by atoms with Gasteiger partial charge in [-0.1, -0.05) is 65.2 Å². The first kappa shape index (κ1) is 27.5. The van der Waals surface area contributed by atoms with Crippen molar-refractivity contribution in [2.75, 3.05) is 12.1 Å².